The van der Waals surface area contributed by atoms with Crippen molar-refractivity contribution in [3.8, 4) is 0 Å². The normalized spacial score (nSPS) is 18.2. The van der Waals surface area contributed by atoms with Crippen LogP contribution in [0.15, 0.2) is 64.7 Å². The number of aliphatic hydroxyl groups excluding tert-OH is 1. The molecule has 6 nitrogen and oxygen atoms in total. The number of aryl methyl sites for hydroxylation is 2. The number of hydrogen-bond donors (Lipinski definition) is 1. The summed E-state index contributed by atoms with van der Waals surface area (Å²) in [6, 6.07) is 13.2. The van der Waals surface area contributed by atoms with Gasteiger partial charge in [0.05, 0.1) is 11.6 Å². The Bertz CT molecular complexity index is 1150. The summed E-state index contributed by atoms with van der Waals surface area (Å²) in [4.78, 5) is 27.1. The van der Waals surface area contributed by atoms with Gasteiger partial charge in [0.25, 0.3) is 5.78 Å². The molecule has 152 valence electrons. The number of carbonyl (C=O) groups excluding carboxylic acids is 2. The van der Waals surface area contributed by atoms with Crippen LogP contribution in [0.4, 0.5) is 10.2 Å². The average molecular weight is 406 g/mol. The van der Waals surface area contributed by atoms with E-state index in [1.807, 2.05) is 31.2 Å². The van der Waals surface area contributed by atoms with Gasteiger partial charge in [0.1, 0.15) is 17.3 Å². The summed E-state index contributed by atoms with van der Waals surface area (Å²) in [5.41, 5.74) is 1.87. The van der Waals surface area contributed by atoms with Crippen molar-refractivity contribution in [3.05, 3.63) is 88.4 Å². The van der Waals surface area contributed by atoms with Crippen molar-refractivity contribution in [1.82, 2.24) is 5.16 Å². The molecule has 7 heteroatoms. The van der Waals surface area contributed by atoms with E-state index >= 15 is 0 Å². The van der Waals surface area contributed by atoms with Crippen molar-refractivity contribution in [2.45, 2.75) is 26.3 Å². The molecule has 0 aliphatic carbocycles. The number of aromatic nitrogens is 1. The minimum Gasteiger partial charge on any atom is -0.507 e. The smallest absolute Gasteiger partial charge is 0.301 e. The van der Waals surface area contributed by atoms with Gasteiger partial charge in [-0.05, 0) is 48.7 Å². The van der Waals surface area contributed by atoms with Crippen molar-refractivity contribution in [2.75, 3.05) is 4.90 Å². The van der Waals surface area contributed by atoms with E-state index in [9.17, 15) is 19.1 Å². The lowest BCUT2D eigenvalue weighted by Crippen LogP contribution is -2.29. The monoisotopic (exact) mass is 406 g/mol. The van der Waals surface area contributed by atoms with E-state index in [4.69, 9.17) is 4.52 Å². The molecule has 1 aliphatic heterocycles. The molecule has 1 aliphatic rings. The zero-order chi connectivity index (χ0) is 21.4. The summed E-state index contributed by atoms with van der Waals surface area (Å²) >= 11 is 0. The van der Waals surface area contributed by atoms with E-state index in [1.165, 1.54) is 29.2 Å². The van der Waals surface area contributed by atoms with E-state index in [0.29, 0.717) is 11.3 Å². The summed E-state index contributed by atoms with van der Waals surface area (Å²) in [5, 5.41) is 14.8. The number of Topliss-reactive ketones (excluding diaryl/α,β-unsaturated/α-hetero) is 1. The number of nitrogens with zero attached hydrogens (tertiary/aromatic N) is 2. The quantitative estimate of drug-likeness (QED) is 0.397. The lowest BCUT2D eigenvalue weighted by Gasteiger charge is -2.23. The third-order valence-electron chi connectivity index (χ3n) is 5.13. The van der Waals surface area contributed by atoms with Gasteiger partial charge in [0.2, 0.25) is 0 Å². The maximum absolute atomic E-state index is 13.3. The van der Waals surface area contributed by atoms with Crippen LogP contribution in [-0.2, 0) is 16.0 Å². The molecule has 0 saturated carbocycles. The number of ketones is 1. The Kier molecular flexibility index (Phi) is 4.95. The van der Waals surface area contributed by atoms with Crippen molar-refractivity contribution >= 4 is 23.3 Å². The average Bonchev–Trinajstić information content (AvgIpc) is 3.29. The topological polar surface area (TPSA) is 83.6 Å². The summed E-state index contributed by atoms with van der Waals surface area (Å²) < 4.78 is 18.4. The van der Waals surface area contributed by atoms with Crippen LogP contribution in [0.1, 0.15) is 35.4 Å². The van der Waals surface area contributed by atoms with Crippen LogP contribution in [0.25, 0.3) is 5.76 Å². The first kappa shape index (κ1) is 19.6. The fraction of sp³-hybridized carbons (Fsp3) is 0.174. The molecule has 2 aromatic carbocycles. The number of benzene rings is 2. The van der Waals surface area contributed by atoms with Gasteiger partial charge in [0, 0.05) is 11.6 Å². The van der Waals surface area contributed by atoms with E-state index < -0.39 is 23.5 Å². The molecule has 1 aromatic heterocycles. The Morgan fingerprint density at radius 2 is 1.80 bits per heavy atom. The molecule has 1 atom stereocenters. The predicted octanol–water partition coefficient (Wildman–Crippen LogP) is 4.31. The highest BCUT2D eigenvalue weighted by molar-refractivity contribution is 6.51. The molecular weight excluding hydrogens is 387 g/mol. The van der Waals surface area contributed by atoms with E-state index in [1.54, 1.807) is 13.0 Å². The number of amides is 1. The molecule has 1 saturated heterocycles. The van der Waals surface area contributed by atoms with Gasteiger partial charge < -0.3 is 9.63 Å². The Morgan fingerprint density at radius 1 is 1.13 bits per heavy atom. The van der Waals surface area contributed by atoms with Crippen LogP contribution >= 0.6 is 0 Å². The summed E-state index contributed by atoms with van der Waals surface area (Å²) in [7, 11) is 0. The van der Waals surface area contributed by atoms with Crippen LogP contribution in [0.5, 0.6) is 0 Å². The molecule has 1 fully saturated rings. The molecule has 0 spiro atoms. The summed E-state index contributed by atoms with van der Waals surface area (Å²) in [6.07, 6.45) is 0.832. The van der Waals surface area contributed by atoms with Gasteiger partial charge in [-0.1, -0.05) is 36.3 Å². The zero-order valence-corrected chi connectivity index (χ0v) is 16.4. The van der Waals surface area contributed by atoms with Crippen LogP contribution in [0.2, 0.25) is 0 Å². The fourth-order valence-corrected chi connectivity index (χ4v) is 3.55. The first-order chi connectivity index (χ1) is 14.4. The van der Waals surface area contributed by atoms with Gasteiger partial charge in [-0.3, -0.25) is 14.5 Å². The number of carbonyl (C=O) groups is 2. The van der Waals surface area contributed by atoms with Crippen LogP contribution in [0.3, 0.4) is 0 Å². The highest BCUT2D eigenvalue weighted by atomic mass is 19.1. The third-order valence-corrected chi connectivity index (χ3v) is 5.13. The summed E-state index contributed by atoms with van der Waals surface area (Å²) in [5.74, 6) is -1.86. The number of rotatable bonds is 4. The minimum absolute atomic E-state index is 0.0866. The lowest BCUT2D eigenvalue weighted by molar-refractivity contribution is -0.132. The van der Waals surface area contributed by atoms with Gasteiger partial charge in [-0.15, -0.1) is 0 Å². The Balaban J connectivity index is 1.92. The fourth-order valence-electron chi connectivity index (χ4n) is 3.55. The second-order valence-corrected chi connectivity index (χ2v) is 7.07. The van der Waals surface area contributed by atoms with Gasteiger partial charge >= 0.3 is 5.91 Å². The SMILES string of the molecule is CCc1ccc([C@H]2/C(=C(\O)c3ccc(F)cc3)C(=O)C(=O)N2c2cc(C)on2)cc1. The van der Waals surface area contributed by atoms with Crippen LogP contribution in [-0.4, -0.2) is 22.0 Å². The Hall–Kier alpha value is -3.74. The van der Waals surface area contributed by atoms with Crippen molar-refractivity contribution < 1.29 is 23.6 Å². The maximum Gasteiger partial charge on any atom is 0.301 e. The van der Waals surface area contributed by atoms with Crippen LogP contribution < -0.4 is 4.90 Å². The summed E-state index contributed by atoms with van der Waals surface area (Å²) in [6.45, 7) is 3.70. The minimum atomic E-state index is -0.898. The van der Waals surface area contributed by atoms with E-state index in [0.717, 1.165) is 12.0 Å². The molecule has 2 heterocycles. The van der Waals surface area contributed by atoms with Gasteiger partial charge in [-0.25, -0.2) is 4.39 Å². The zero-order valence-electron chi connectivity index (χ0n) is 16.4. The second-order valence-electron chi connectivity index (χ2n) is 7.07. The molecule has 0 bridgehead atoms. The van der Waals surface area contributed by atoms with Gasteiger partial charge in [0.15, 0.2) is 5.82 Å². The first-order valence-electron chi connectivity index (χ1n) is 9.49. The molecule has 4 rings (SSSR count). The largest absolute Gasteiger partial charge is 0.507 e. The van der Waals surface area contributed by atoms with Crippen molar-refractivity contribution in [2.24, 2.45) is 0 Å². The number of halogens is 1. The highest BCUT2D eigenvalue weighted by Crippen LogP contribution is 2.41. The second kappa shape index (κ2) is 7.59. The molecule has 1 N–H and O–H groups in total. The van der Waals surface area contributed by atoms with Crippen molar-refractivity contribution in [1.29, 1.82) is 0 Å². The van der Waals surface area contributed by atoms with Crippen LogP contribution in [0, 0.1) is 12.7 Å². The molecule has 1 amide bonds. The molecule has 0 unspecified atom stereocenters. The standard InChI is InChI=1S/C23H19FN2O4/c1-3-14-4-6-15(7-5-14)20-19(21(27)16-8-10-17(24)11-9-16)22(28)23(29)26(20)18-12-13(2)30-25-18/h4-12,20,27H,3H2,1-2H3/b21-19+/t20-/m0/s1. The molecule has 0 radical (unpaired) electrons. The predicted molar refractivity (Wildman–Crippen MR) is 108 cm³/mol. The molecular formula is C23H19FN2O4. The van der Waals surface area contributed by atoms with E-state index in [-0.39, 0.29) is 22.7 Å². The van der Waals surface area contributed by atoms with E-state index in [2.05, 4.69) is 5.16 Å². The maximum atomic E-state index is 13.3. The highest BCUT2D eigenvalue weighted by Gasteiger charge is 2.48. The first-order valence-corrected chi connectivity index (χ1v) is 9.49. The lowest BCUT2D eigenvalue weighted by atomic mass is 9.94. The Morgan fingerprint density at radius 3 is 2.37 bits per heavy atom. The van der Waals surface area contributed by atoms with Crippen molar-refractivity contribution in [3.63, 3.8) is 0 Å². The number of aliphatic hydroxyl groups is 1. The molecule has 3 aromatic rings. The van der Waals surface area contributed by atoms with Gasteiger partial charge in [-0.2, -0.15) is 0 Å². The number of hydrogen-bond acceptors (Lipinski definition) is 5. The number of anilines is 1. The molecule has 30 heavy (non-hydrogen) atoms. The Labute approximate surface area is 172 Å². The third kappa shape index (κ3) is 3.28.